The van der Waals surface area contributed by atoms with Gasteiger partial charge in [0.2, 0.25) is 0 Å². The first-order valence-corrected chi connectivity index (χ1v) is 14.9. The van der Waals surface area contributed by atoms with E-state index in [0.717, 1.165) is 44.4 Å². The highest BCUT2D eigenvalue weighted by molar-refractivity contribution is 5.66. The third-order valence-corrected chi connectivity index (χ3v) is 11.6. The molecule has 0 aromatic rings. The van der Waals surface area contributed by atoms with Gasteiger partial charge in [0, 0.05) is 19.8 Å². The molecule has 11 atom stereocenters. The largest absolute Gasteiger partial charge is 0.463 e. The molecule has 5 nitrogen and oxygen atoms in total. The summed E-state index contributed by atoms with van der Waals surface area (Å²) in [5.74, 6) is 2.82. The molecular formula is C31H52O5. The lowest BCUT2D eigenvalue weighted by atomic mass is 9.43. The molecule has 206 valence electrons. The number of fused-ring (bicyclic) bond motifs is 5. The van der Waals surface area contributed by atoms with Crippen LogP contribution in [-0.2, 0) is 19.1 Å². The Kier molecular flexibility index (Phi) is 8.20. The van der Waals surface area contributed by atoms with Crippen LogP contribution in [0.5, 0.6) is 0 Å². The van der Waals surface area contributed by atoms with E-state index in [1.165, 1.54) is 39.5 Å². The molecule has 4 aliphatic rings. The van der Waals surface area contributed by atoms with Crippen LogP contribution in [0.1, 0.15) is 113 Å². The molecule has 4 saturated carbocycles. The molecule has 0 aromatic carbocycles. The van der Waals surface area contributed by atoms with Crippen LogP contribution >= 0.6 is 0 Å². The molecule has 0 amide bonds. The standard InChI is InChI=1S/C31H52O5/c1-18(2)9-8-10-19(3)24-11-12-25-29-26(17-28(34)31(24,25)7)30(6)14-13-23(35-20(4)32)15-22(30)16-27(29)36-21(5)33/h18-19,22-29,34H,8-17H2,1-7H3. The Morgan fingerprint density at radius 1 is 0.917 bits per heavy atom. The zero-order chi connectivity index (χ0) is 26.4. The maximum Gasteiger partial charge on any atom is 0.302 e. The first kappa shape index (κ1) is 27.9. The minimum atomic E-state index is -0.316. The number of aliphatic hydroxyl groups excluding tert-OH is 1. The Bertz CT molecular complexity index is 809. The summed E-state index contributed by atoms with van der Waals surface area (Å²) in [6.07, 6.45) is 9.99. The Morgan fingerprint density at radius 2 is 1.61 bits per heavy atom. The molecule has 4 aliphatic carbocycles. The topological polar surface area (TPSA) is 72.8 Å². The van der Waals surface area contributed by atoms with Crippen molar-refractivity contribution in [1.29, 1.82) is 0 Å². The van der Waals surface area contributed by atoms with E-state index in [2.05, 4.69) is 34.6 Å². The fourth-order valence-corrected chi connectivity index (χ4v) is 9.82. The second kappa shape index (κ2) is 10.6. The fraction of sp³-hybridized carbons (Fsp3) is 0.935. The van der Waals surface area contributed by atoms with Gasteiger partial charge in [0.15, 0.2) is 0 Å². The number of carbonyl (C=O) groups excluding carboxylic acids is 2. The summed E-state index contributed by atoms with van der Waals surface area (Å²) in [4.78, 5) is 23.9. The molecule has 11 unspecified atom stereocenters. The second-order valence-electron chi connectivity index (χ2n) is 14.0. The molecule has 5 heteroatoms. The van der Waals surface area contributed by atoms with E-state index in [-0.39, 0.29) is 41.1 Å². The summed E-state index contributed by atoms with van der Waals surface area (Å²) in [5, 5.41) is 11.9. The lowest BCUT2D eigenvalue weighted by Crippen LogP contribution is -2.63. The van der Waals surface area contributed by atoms with Crippen molar-refractivity contribution in [3.63, 3.8) is 0 Å². The highest BCUT2D eigenvalue weighted by atomic mass is 16.5. The zero-order valence-corrected chi connectivity index (χ0v) is 23.9. The van der Waals surface area contributed by atoms with Crippen LogP contribution in [0.15, 0.2) is 0 Å². The van der Waals surface area contributed by atoms with Crippen molar-refractivity contribution < 1.29 is 24.2 Å². The van der Waals surface area contributed by atoms with Crippen molar-refractivity contribution >= 4 is 11.9 Å². The van der Waals surface area contributed by atoms with Crippen LogP contribution in [0, 0.1) is 52.3 Å². The lowest BCUT2D eigenvalue weighted by Gasteiger charge is -2.64. The van der Waals surface area contributed by atoms with Crippen LogP contribution in [0.3, 0.4) is 0 Å². The molecule has 4 rings (SSSR count). The van der Waals surface area contributed by atoms with Crippen molar-refractivity contribution in [1.82, 2.24) is 0 Å². The number of aliphatic hydroxyl groups is 1. The van der Waals surface area contributed by atoms with E-state index in [9.17, 15) is 14.7 Å². The van der Waals surface area contributed by atoms with Gasteiger partial charge in [-0.15, -0.1) is 0 Å². The van der Waals surface area contributed by atoms with E-state index in [4.69, 9.17) is 9.47 Å². The van der Waals surface area contributed by atoms with Gasteiger partial charge in [-0.2, -0.15) is 0 Å². The Balaban J connectivity index is 1.60. The van der Waals surface area contributed by atoms with Gasteiger partial charge >= 0.3 is 11.9 Å². The van der Waals surface area contributed by atoms with Crippen molar-refractivity contribution in [2.24, 2.45) is 52.3 Å². The van der Waals surface area contributed by atoms with Gasteiger partial charge in [-0.25, -0.2) is 0 Å². The van der Waals surface area contributed by atoms with Crippen LogP contribution in [0.2, 0.25) is 0 Å². The molecule has 0 bridgehead atoms. The van der Waals surface area contributed by atoms with Crippen molar-refractivity contribution in [3.05, 3.63) is 0 Å². The zero-order valence-electron chi connectivity index (χ0n) is 23.9. The van der Waals surface area contributed by atoms with Crippen molar-refractivity contribution in [2.75, 3.05) is 0 Å². The van der Waals surface area contributed by atoms with Gasteiger partial charge in [0.1, 0.15) is 12.2 Å². The number of rotatable bonds is 7. The van der Waals surface area contributed by atoms with Gasteiger partial charge in [0.05, 0.1) is 6.10 Å². The predicted octanol–water partition coefficient (Wildman–Crippen LogP) is 6.55. The maximum atomic E-state index is 12.3. The SMILES string of the molecule is CC(=O)OC1CCC2(C)C(C1)CC(OC(C)=O)C1C2CC(O)C2(C)C(C(C)CCCC(C)C)CCC12. The molecule has 1 N–H and O–H groups in total. The van der Waals surface area contributed by atoms with Crippen LogP contribution in [-0.4, -0.2) is 35.4 Å². The molecule has 0 spiro atoms. The molecule has 0 saturated heterocycles. The lowest BCUT2D eigenvalue weighted by molar-refractivity contribution is -0.218. The predicted molar refractivity (Wildman–Crippen MR) is 141 cm³/mol. The number of ether oxygens (including phenoxy) is 2. The highest BCUT2D eigenvalue weighted by Gasteiger charge is 2.66. The Morgan fingerprint density at radius 3 is 2.25 bits per heavy atom. The van der Waals surface area contributed by atoms with E-state index in [0.29, 0.717) is 35.5 Å². The molecule has 4 fully saturated rings. The van der Waals surface area contributed by atoms with Crippen molar-refractivity contribution in [2.45, 2.75) is 131 Å². The summed E-state index contributed by atoms with van der Waals surface area (Å²) in [6, 6.07) is 0. The first-order valence-electron chi connectivity index (χ1n) is 14.9. The first-order chi connectivity index (χ1) is 16.9. The fourth-order valence-electron chi connectivity index (χ4n) is 9.82. The molecule has 0 radical (unpaired) electrons. The Hall–Kier alpha value is -1.10. The second-order valence-corrected chi connectivity index (χ2v) is 14.0. The summed E-state index contributed by atoms with van der Waals surface area (Å²) in [7, 11) is 0. The normalized spacial score (nSPS) is 44.8. The monoisotopic (exact) mass is 504 g/mol. The smallest absolute Gasteiger partial charge is 0.302 e. The average Bonchev–Trinajstić information content (AvgIpc) is 3.13. The average molecular weight is 505 g/mol. The maximum absolute atomic E-state index is 12.3. The summed E-state index contributed by atoms with van der Waals surface area (Å²) >= 11 is 0. The van der Waals surface area contributed by atoms with Crippen LogP contribution < -0.4 is 0 Å². The molecule has 36 heavy (non-hydrogen) atoms. The summed E-state index contributed by atoms with van der Waals surface area (Å²) in [6.45, 7) is 14.8. The number of hydrogen-bond donors (Lipinski definition) is 1. The molecular weight excluding hydrogens is 452 g/mol. The van der Waals surface area contributed by atoms with Gasteiger partial charge in [-0.1, -0.05) is 53.9 Å². The van der Waals surface area contributed by atoms with Gasteiger partial charge in [-0.3, -0.25) is 9.59 Å². The third kappa shape index (κ3) is 4.99. The number of esters is 2. The quantitative estimate of drug-likeness (QED) is 0.398. The minimum Gasteiger partial charge on any atom is -0.463 e. The van der Waals surface area contributed by atoms with Crippen molar-refractivity contribution in [3.8, 4) is 0 Å². The van der Waals surface area contributed by atoms with Gasteiger partial charge in [-0.05, 0) is 91.3 Å². The molecule has 0 aliphatic heterocycles. The van der Waals surface area contributed by atoms with E-state index in [1.807, 2.05) is 0 Å². The third-order valence-electron chi connectivity index (χ3n) is 11.6. The van der Waals surface area contributed by atoms with Gasteiger partial charge < -0.3 is 14.6 Å². The molecule has 0 heterocycles. The minimum absolute atomic E-state index is 0.0450. The Labute approximate surface area is 219 Å². The summed E-state index contributed by atoms with van der Waals surface area (Å²) in [5.41, 5.74) is -0.0316. The van der Waals surface area contributed by atoms with E-state index in [1.54, 1.807) is 0 Å². The summed E-state index contributed by atoms with van der Waals surface area (Å²) < 4.78 is 11.8. The van der Waals surface area contributed by atoms with Crippen LogP contribution in [0.25, 0.3) is 0 Å². The highest BCUT2D eigenvalue weighted by Crippen LogP contribution is 2.68. The number of carbonyl (C=O) groups is 2. The van der Waals surface area contributed by atoms with Gasteiger partial charge in [0.25, 0.3) is 0 Å². The van der Waals surface area contributed by atoms with Crippen LogP contribution in [0.4, 0.5) is 0 Å². The number of hydrogen-bond acceptors (Lipinski definition) is 5. The van der Waals surface area contributed by atoms with E-state index >= 15 is 0 Å². The van der Waals surface area contributed by atoms with E-state index < -0.39 is 0 Å². The molecule has 0 aromatic heterocycles.